The second kappa shape index (κ2) is 3.20. The van der Waals surface area contributed by atoms with Gasteiger partial charge in [0.05, 0.1) is 9.50 Å². The van der Waals surface area contributed by atoms with Crippen LogP contribution in [-0.4, -0.2) is 5.11 Å². The van der Waals surface area contributed by atoms with Crippen molar-refractivity contribution in [2.75, 3.05) is 0 Å². The highest BCUT2D eigenvalue weighted by Crippen LogP contribution is 2.36. The minimum atomic E-state index is 0.197. The van der Waals surface area contributed by atoms with Gasteiger partial charge in [0.25, 0.3) is 0 Å². The second-order valence-corrected chi connectivity index (χ2v) is 4.00. The zero-order valence-electron chi connectivity index (χ0n) is 6.59. The van der Waals surface area contributed by atoms with Gasteiger partial charge in [0.2, 0.25) is 0 Å². The third-order valence-corrected chi connectivity index (χ3v) is 2.87. The van der Waals surface area contributed by atoms with Crippen molar-refractivity contribution in [1.29, 1.82) is 0 Å². The highest BCUT2D eigenvalue weighted by molar-refractivity contribution is 9.10. The predicted octanol–water partition coefficient (Wildman–Crippen LogP) is 3.96. The van der Waals surface area contributed by atoms with Gasteiger partial charge in [-0.3, -0.25) is 0 Å². The average Bonchev–Trinajstić information content (AvgIpc) is 2.12. The third kappa shape index (κ3) is 1.40. The van der Waals surface area contributed by atoms with E-state index in [-0.39, 0.29) is 5.75 Å². The molecule has 1 N–H and O–H groups in total. The number of hydrogen-bond donors (Lipinski definition) is 1. The number of hydrogen-bond acceptors (Lipinski definition) is 1. The topological polar surface area (TPSA) is 20.2 Å². The van der Waals surface area contributed by atoms with Crippen LogP contribution in [0.25, 0.3) is 10.8 Å². The standard InChI is InChI=1S/C10H6BrClO/c11-7-5-4-6-2-1-3-8(12)9(6)10(7)13/h1-5,13H. The SMILES string of the molecule is Oc1c(Br)ccc2cccc(Cl)c12. The van der Waals surface area contributed by atoms with Crippen LogP contribution in [0.4, 0.5) is 0 Å². The lowest BCUT2D eigenvalue weighted by molar-refractivity contribution is 0.478. The van der Waals surface area contributed by atoms with Crippen LogP contribution in [0.15, 0.2) is 34.8 Å². The summed E-state index contributed by atoms with van der Waals surface area (Å²) in [7, 11) is 0. The van der Waals surface area contributed by atoms with Crippen LogP contribution in [-0.2, 0) is 0 Å². The maximum atomic E-state index is 9.71. The van der Waals surface area contributed by atoms with E-state index in [2.05, 4.69) is 15.9 Å². The van der Waals surface area contributed by atoms with Crippen LogP contribution in [0.3, 0.4) is 0 Å². The summed E-state index contributed by atoms with van der Waals surface area (Å²) in [6.45, 7) is 0. The fourth-order valence-corrected chi connectivity index (χ4v) is 1.89. The molecule has 0 bridgehead atoms. The smallest absolute Gasteiger partial charge is 0.139 e. The number of phenolic OH excluding ortho intramolecular Hbond substituents is 1. The number of aromatic hydroxyl groups is 1. The molecule has 0 unspecified atom stereocenters. The molecule has 0 aromatic heterocycles. The number of benzene rings is 2. The van der Waals surface area contributed by atoms with Crippen molar-refractivity contribution in [3.05, 3.63) is 39.8 Å². The Morgan fingerprint density at radius 3 is 2.69 bits per heavy atom. The van der Waals surface area contributed by atoms with Crippen molar-refractivity contribution >= 4 is 38.3 Å². The Morgan fingerprint density at radius 1 is 1.15 bits per heavy atom. The van der Waals surface area contributed by atoms with E-state index in [0.717, 1.165) is 5.39 Å². The number of rotatable bonds is 0. The van der Waals surface area contributed by atoms with Crippen LogP contribution in [0.5, 0.6) is 5.75 Å². The van der Waals surface area contributed by atoms with E-state index in [9.17, 15) is 5.11 Å². The number of halogens is 2. The quantitative estimate of drug-likeness (QED) is 0.757. The van der Waals surface area contributed by atoms with E-state index < -0.39 is 0 Å². The molecule has 2 aromatic rings. The molecule has 0 aliphatic rings. The van der Waals surface area contributed by atoms with Crippen molar-refractivity contribution in [1.82, 2.24) is 0 Å². The van der Waals surface area contributed by atoms with E-state index in [4.69, 9.17) is 11.6 Å². The van der Waals surface area contributed by atoms with Gasteiger partial charge >= 0.3 is 0 Å². The van der Waals surface area contributed by atoms with E-state index in [1.54, 1.807) is 12.1 Å². The normalized spacial score (nSPS) is 10.6. The van der Waals surface area contributed by atoms with Crippen molar-refractivity contribution in [2.45, 2.75) is 0 Å². The zero-order valence-corrected chi connectivity index (χ0v) is 8.93. The molecule has 66 valence electrons. The fraction of sp³-hybridized carbons (Fsp3) is 0. The molecule has 0 spiro atoms. The monoisotopic (exact) mass is 256 g/mol. The molecule has 0 aliphatic heterocycles. The summed E-state index contributed by atoms with van der Waals surface area (Å²) in [6, 6.07) is 9.24. The average molecular weight is 258 g/mol. The van der Waals surface area contributed by atoms with Gasteiger partial charge in [-0.15, -0.1) is 0 Å². The molecule has 0 radical (unpaired) electrons. The molecule has 0 fully saturated rings. The summed E-state index contributed by atoms with van der Waals surface area (Å²) < 4.78 is 0.660. The van der Waals surface area contributed by atoms with Crippen molar-refractivity contribution in [3.8, 4) is 5.75 Å². The maximum absolute atomic E-state index is 9.71. The summed E-state index contributed by atoms with van der Waals surface area (Å²) in [5.74, 6) is 0.197. The first kappa shape index (κ1) is 8.85. The molecule has 0 saturated heterocycles. The van der Waals surface area contributed by atoms with Crippen LogP contribution in [0.2, 0.25) is 5.02 Å². The molecule has 2 aromatic carbocycles. The van der Waals surface area contributed by atoms with Crippen molar-refractivity contribution in [2.24, 2.45) is 0 Å². The molecular weight excluding hydrogens is 251 g/mol. The molecule has 2 rings (SSSR count). The Kier molecular flexibility index (Phi) is 2.18. The van der Waals surface area contributed by atoms with Crippen LogP contribution in [0.1, 0.15) is 0 Å². The van der Waals surface area contributed by atoms with E-state index in [1.807, 2.05) is 18.2 Å². The van der Waals surface area contributed by atoms with E-state index in [1.165, 1.54) is 0 Å². The van der Waals surface area contributed by atoms with Gasteiger partial charge in [0.1, 0.15) is 5.75 Å². The van der Waals surface area contributed by atoms with Gasteiger partial charge < -0.3 is 5.11 Å². The van der Waals surface area contributed by atoms with Gasteiger partial charge in [0.15, 0.2) is 0 Å². The molecule has 1 nitrogen and oxygen atoms in total. The van der Waals surface area contributed by atoms with Crippen LogP contribution in [0, 0.1) is 0 Å². The Morgan fingerprint density at radius 2 is 1.92 bits per heavy atom. The van der Waals surface area contributed by atoms with Crippen LogP contribution < -0.4 is 0 Å². The zero-order chi connectivity index (χ0) is 9.42. The second-order valence-electron chi connectivity index (χ2n) is 2.73. The molecule has 0 aliphatic carbocycles. The largest absolute Gasteiger partial charge is 0.506 e. The number of fused-ring (bicyclic) bond motifs is 1. The third-order valence-electron chi connectivity index (χ3n) is 1.92. The fourth-order valence-electron chi connectivity index (χ4n) is 1.29. The molecule has 0 heterocycles. The lowest BCUT2D eigenvalue weighted by Crippen LogP contribution is -1.76. The lowest BCUT2D eigenvalue weighted by Gasteiger charge is -2.04. The predicted molar refractivity (Wildman–Crippen MR) is 58.3 cm³/mol. The summed E-state index contributed by atoms with van der Waals surface area (Å²) in [5, 5.41) is 11.9. The molecule has 0 atom stereocenters. The maximum Gasteiger partial charge on any atom is 0.139 e. The van der Waals surface area contributed by atoms with Gasteiger partial charge in [-0.05, 0) is 33.4 Å². The van der Waals surface area contributed by atoms with Gasteiger partial charge in [-0.2, -0.15) is 0 Å². The van der Waals surface area contributed by atoms with Gasteiger partial charge in [-0.25, -0.2) is 0 Å². The van der Waals surface area contributed by atoms with Gasteiger partial charge in [0, 0.05) is 5.39 Å². The van der Waals surface area contributed by atoms with E-state index >= 15 is 0 Å². The van der Waals surface area contributed by atoms with Gasteiger partial charge in [-0.1, -0.05) is 29.8 Å². The molecule has 0 amide bonds. The Labute approximate surface area is 89.1 Å². The highest BCUT2D eigenvalue weighted by Gasteiger charge is 2.06. The Bertz CT molecular complexity index is 468. The number of phenols is 1. The molecule has 13 heavy (non-hydrogen) atoms. The first-order valence-electron chi connectivity index (χ1n) is 3.76. The van der Waals surface area contributed by atoms with Crippen molar-refractivity contribution < 1.29 is 5.11 Å². The minimum Gasteiger partial charge on any atom is -0.506 e. The minimum absolute atomic E-state index is 0.197. The Balaban J connectivity index is 2.97. The van der Waals surface area contributed by atoms with Crippen LogP contribution >= 0.6 is 27.5 Å². The highest BCUT2D eigenvalue weighted by atomic mass is 79.9. The summed E-state index contributed by atoms with van der Waals surface area (Å²) in [4.78, 5) is 0. The first-order chi connectivity index (χ1) is 6.20. The molecule has 0 saturated carbocycles. The molecule has 3 heteroatoms. The first-order valence-corrected chi connectivity index (χ1v) is 4.93. The summed E-state index contributed by atoms with van der Waals surface area (Å²) in [6.07, 6.45) is 0. The lowest BCUT2D eigenvalue weighted by atomic mass is 10.1. The summed E-state index contributed by atoms with van der Waals surface area (Å²) >= 11 is 9.20. The van der Waals surface area contributed by atoms with Crippen molar-refractivity contribution in [3.63, 3.8) is 0 Å². The molecular formula is C10H6BrClO. The van der Waals surface area contributed by atoms with E-state index in [0.29, 0.717) is 14.9 Å². The summed E-state index contributed by atoms with van der Waals surface area (Å²) in [5.41, 5.74) is 0. The Hall–Kier alpha value is -0.730.